The molecule has 1 saturated heterocycles. The minimum Gasteiger partial charge on any atom is -0.325 e. The lowest BCUT2D eigenvalue weighted by Crippen LogP contribution is -2.51. The number of hydrazine groups is 1. The molecule has 4 nitrogen and oxygen atoms in total. The average molecular weight is 281 g/mol. The Morgan fingerprint density at radius 1 is 1.42 bits per heavy atom. The fourth-order valence-electron chi connectivity index (χ4n) is 2.67. The number of carbonyl (C=O) groups excluding carboxylic acids is 1. The number of amides is 1. The van der Waals surface area contributed by atoms with Gasteiger partial charge in [-0.3, -0.25) is 4.79 Å². The zero-order valence-electron chi connectivity index (χ0n) is 11.9. The molecule has 0 saturated carbocycles. The van der Waals surface area contributed by atoms with Crippen LogP contribution in [0.1, 0.15) is 44.9 Å². The molecule has 2 heterocycles. The van der Waals surface area contributed by atoms with Gasteiger partial charge >= 0.3 is 0 Å². The number of carbonyl (C=O) groups is 1. The number of thiophene rings is 1. The molecule has 19 heavy (non-hydrogen) atoms. The number of piperidine rings is 1. The molecule has 1 fully saturated rings. The van der Waals surface area contributed by atoms with Gasteiger partial charge in [-0.05, 0) is 38.1 Å². The Morgan fingerprint density at radius 3 is 2.74 bits per heavy atom. The van der Waals surface area contributed by atoms with E-state index in [0.29, 0.717) is 12.1 Å². The molecule has 0 radical (unpaired) electrons. The molecule has 2 N–H and O–H groups in total. The van der Waals surface area contributed by atoms with E-state index in [1.807, 2.05) is 11.4 Å². The first-order valence-corrected chi connectivity index (χ1v) is 7.81. The smallest absolute Gasteiger partial charge is 0.221 e. The van der Waals surface area contributed by atoms with Gasteiger partial charge in [0.1, 0.15) is 0 Å². The molecule has 106 valence electrons. The Morgan fingerprint density at radius 2 is 2.11 bits per heavy atom. The Balaban J connectivity index is 1.94. The zero-order valence-corrected chi connectivity index (χ0v) is 12.7. The minimum absolute atomic E-state index is 0.0145. The van der Waals surface area contributed by atoms with Crippen molar-refractivity contribution in [1.82, 2.24) is 10.4 Å². The number of anilines is 1. The van der Waals surface area contributed by atoms with Gasteiger partial charge in [0.2, 0.25) is 5.91 Å². The summed E-state index contributed by atoms with van der Waals surface area (Å²) in [6.07, 6.45) is 3.82. The van der Waals surface area contributed by atoms with Crippen molar-refractivity contribution in [2.45, 2.75) is 58.7 Å². The van der Waals surface area contributed by atoms with E-state index in [9.17, 15) is 4.79 Å². The molecule has 1 aliphatic heterocycles. The summed E-state index contributed by atoms with van der Waals surface area (Å²) in [5.41, 5.74) is 4.46. The molecule has 2 unspecified atom stereocenters. The maximum absolute atomic E-state index is 11.1. The van der Waals surface area contributed by atoms with E-state index in [1.54, 1.807) is 18.3 Å². The van der Waals surface area contributed by atoms with Gasteiger partial charge in [0, 0.05) is 30.4 Å². The Bertz CT molecular complexity index is 422. The van der Waals surface area contributed by atoms with Crippen molar-refractivity contribution in [3.63, 3.8) is 0 Å². The summed E-state index contributed by atoms with van der Waals surface area (Å²) in [4.78, 5) is 12.3. The van der Waals surface area contributed by atoms with Crippen LogP contribution < -0.4 is 10.7 Å². The van der Waals surface area contributed by atoms with Crippen molar-refractivity contribution in [2.24, 2.45) is 0 Å². The normalized spacial score (nSPS) is 24.4. The molecule has 0 bridgehead atoms. The highest BCUT2D eigenvalue weighted by atomic mass is 32.1. The summed E-state index contributed by atoms with van der Waals surface area (Å²) in [6, 6.07) is 3.12. The fourth-order valence-corrected chi connectivity index (χ4v) is 3.44. The maximum Gasteiger partial charge on any atom is 0.221 e. The van der Waals surface area contributed by atoms with Crippen LogP contribution in [0.3, 0.4) is 0 Å². The lowest BCUT2D eigenvalue weighted by Gasteiger charge is -2.39. The van der Waals surface area contributed by atoms with Crippen molar-refractivity contribution in [1.29, 1.82) is 0 Å². The first-order valence-electron chi connectivity index (χ1n) is 6.93. The molecule has 0 spiro atoms. The standard InChI is InChI=1S/C14H23N3OS/c1-10-5-4-6-11(2)17(10)15-9-14-13(7-8-19-14)16-12(3)18/h7-8,10-11,15H,4-6,9H2,1-3H3,(H,16,18). The summed E-state index contributed by atoms with van der Waals surface area (Å²) in [7, 11) is 0. The zero-order chi connectivity index (χ0) is 13.8. The maximum atomic E-state index is 11.1. The first-order chi connectivity index (χ1) is 9.08. The average Bonchev–Trinajstić information content (AvgIpc) is 2.75. The van der Waals surface area contributed by atoms with Crippen molar-refractivity contribution >= 4 is 22.9 Å². The molecule has 2 rings (SSSR count). The Labute approximate surface area is 119 Å². The minimum atomic E-state index is -0.0145. The number of nitrogens with one attached hydrogen (secondary N) is 2. The Kier molecular flexibility index (Phi) is 4.96. The molecule has 0 aliphatic carbocycles. The van der Waals surface area contributed by atoms with Gasteiger partial charge in [-0.25, -0.2) is 10.4 Å². The van der Waals surface area contributed by atoms with E-state index in [-0.39, 0.29) is 5.91 Å². The van der Waals surface area contributed by atoms with Crippen LogP contribution in [0.5, 0.6) is 0 Å². The van der Waals surface area contributed by atoms with E-state index in [4.69, 9.17) is 0 Å². The number of nitrogens with zero attached hydrogens (tertiary/aromatic N) is 1. The van der Waals surface area contributed by atoms with Gasteiger partial charge in [0.15, 0.2) is 0 Å². The second-order valence-corrected chi connectivity index (χ2v) is 6.31. The third-order valence-corrected chi connectivity index (χ3v) is 4.59. The molecular formula is C14H23N3OS. The number of hydrogen-bond acceptors (Lipinski definition) is 4. The second-order valence-electron chi connectivity index (χ2n) is 5.31. The van der Waals surface area contributed by atoms with Crippen LogP contribution in [-0.2, 0) is 11.3 Å². The summed E-state index contributed by atoms with van der Waals surface area (Å²) in [6.45, 7) is 6.86. The van der Waals surface area contributed by atoms with Crippen LogP contribution in [0.25, 0.3) is 0 Å². The summed E-state index contributed by atoms with van der Waals surface area (Å²) in [5, 5.41) is 7.26. The fraction of sp³-hybridized carbons (Fsp3) is 0.643. The molecule has 1 aromatic rings. The predicted molar refractivity (Wildman–Crippen MR) is 80.1 cm³/mol. The highest BCUT2D eigenvalue weighted by Gasteiger charge is 2.24. The third kappa shape index (κ3) is 3.78. The van der Waals surface area contributed by atoms with Crippen molar-refractivity contribution in [3.8, 4) is 0 Å². The Hall–Kier alpha value is -0.910. The van der Waals surface area contributed by atoms with Crippen LogP contribution in [-0.4, -0.2) is 23.0 Å². The van der Waals surface area contributed by atoms with Crippen LogP contribution in [0.15, 0.2) is 11.4 Å². The molecule has 1 amide bonds. The first kappa shape index (κ1) is 14.5. The van der Waals surface area contributed by atoms with Crippen LogP contribution in [0.2, 0.25) is 0 Å². The lowest BCUT2D eigenvalue weighted by atomic mass is 10.00. The lowest BCUT2D eigenvalue weighted by molar-refractivity contribution is -0.114. The molecule has 0 aromatic carbocycles. The van der Waals surface area contributed by atoms with Crippen LogP contribution in [0.4, 0.5) is 5.69 Å². The van der Waals surface area contributed by atoms with Crippen LogP contribution in [0, 0.1) is 0 Å². The van der Waals surface area contributed by atoms with Crippen LogP contribution >= 0.6 is 11.3 Å². The molecule has 2 atom stereocenters. The van der Waals surface area contributed by atoms with Gasteiger partial charge < -0.3 is 5.32 Å². The summed E-state index contributed by atoms with van der Waals surface area (Å²) in [5.74, 6) is -0.0145. The van der Waals surface area contributed by atoms with E-state index in [1.165, 1.54) is 24.1 Å². The molecule has 1 aliphatic rings. The van der Waals surface area contributed by atoms with Gasteiger partial charge in [0.05, 0.1) is 5.69 Å². The van der Waals surface area contributed by atoms with Gasteiger partial charge in [-0.2, -0.15) is 0 Å². The van der Waals surface area contributed by atoms with Crippen molar-refractivity contribution in [2.75, 3.05) is 5.32 Å². The largest absolute Gasteiger partial charge is 0.325 e. The predicted octanol–water partition coefficient (Wildman–Crippen LogP) is 2.97. The van der Waals surface area contributed by atoms with Crippen molar-refractivity contribution in [3.05, 3.63) is 16.3 Å². The topological polar surface area (TPSA) is 44.4 Å². The highest BCUT2D eigenvalue weighted by Crippen LogP contribution is 2.24. The van der Waals surface area contributed by atoms with Crippen molar-refractivity contribution < 1.29 is 4.79 Å². The van der Waals surface area contributed by atoms with Gasteiger partial charge in [0.25, 0.3) is 0 Å². The van der Waals surface area contributed by atoms with E-state index in [0.717, 1.165) is 12.2 Å². The second kappa shape index (κ2) is 6.50. The van der Waals surface area contributed by atoms with E-state index >= 15 is 0 Å². The highest BCUT2D eigenvalue weighted by molar-refractivity contribution is 7.10. The SMILES string of the molecule is CC(=O)Nc1ccsc1CNN1C(C)CCCC1C. The van der Waals surface area contributed by atoms with E-state index in [2.05, 4.69) is 29.6 Å². The summed E-state index contributed by atoms with van der Waals surface area (Å²) < 4.78 is 0. The number of rotatable bonds is 4. The third-order valence-electron chi connectivity index (χ3n) is 3.67. The molecule has 5 heteroatoms. The molecule has 1 aromatic heterocycles. The molecular weight excluding hydrogens is 258 g/mol. The quantitative estimate of drug-likeness (QED) is 0.892. The van der Waals surface area contributed by atoms with Gasteiger partial charge in [-0.15, -0.1) is 11.3 Å². The van der Waals surface area contributed by atoms with Gasteiger partial charge in [-0.1, -0.05) is 6.42 Å². The number of hydrogen-bond donors (Lipinski definition) is 2. The summed E-state index contributed by atoms with van der Waals surface area (Å²) >= 11 is 1.68. The monoisotopic (exact) mass is 281 g/mol. The van der Waals surface area contributed by atoms with E-state index < -0.39 is 0 Å².